The lowest BCUT2D eigenvalue weighted by Crippen LogP contribution is -2.14. The van der Waals surface area contributed by atoms with Gasteiger partial charge in [0, 0.05) is 16.8 Å². The molecule has 0 aliphatic carbocycles. The highest BCUT2D eigenvalue weighted by Gasteiger charge is 2.17. The van der Waals surface area contributed by atoms with Gasteiger partial charge in [-0.25, -0.2) is 0 Å². The first-order valence-corrected chi connectivity index (χ1v) is 7.12. The smallest absolute Gasteiger partial charge is 0.259 e. The van der Waals surface area contributed by atoms with Crippen molar-refractivity contribution in [3.05, 3.63) is 53.1 Å². The Hall–Kier alpha value is -2.82. The van der Waals surface area contributed by atoms with Crippen LogP contribution in [-0.2, 0) is 0 Å². The van der Waals surface area contributed by atoms with Crippen LogP contribution in [0.15, 0.2) is 36.4 Å². The molecule has 0 atom stereocenters. The number of amides is 1. The Morgan fingerprint density at radius 1 is 0.957 bits per heavy atom. The fourth-order valence-electron chi connectivity index (χ4n) is 2.32. The lowest BCUT2D eigenvalue weighted by atomic mass is 10.1. The Bertz CT molecular complexity index is 735. The zero-order chi connectivity index (χ0) is 17.0. The van der Waals surface area contributed by atoms with E-state index in [9.17, 15) is 9.59 Å². The second-order valence-corrected chi connectivity index (χ2v) is 5.06. The molecule has 1 N–H and O–H groups in total. The third-order valence-electron chi connectivity index (χ3n) is 3.57. The molecule has 5 heteroatoms. The predicted octanol–water partition coefficient (Wildman–Crippen LogP) is 3.47. The van der Waals surface area contributed by atoms with E-state index in [1.54, 1.807) is 43.5 Å². The van der Waals surface area contributed by atoms with Crippen LogP contribution in [-0.4, -0.2) is 25.9 Å². The van der Waals surface area contributed by atoms with Crippen LogP contribution in [0.2, 0.25) is 0 Å². The van der Waals surface area contributed by atoms with Crippen molar-refractivity contribution in [3.8, 4) is 11.5 Å². The normalized spacial score (nSPS) is 10.1. The Labute approximate surface area is 135 Å². The number of Topliss-reactive ketones (excluding diaryl/α,β-unsaturated/α-hetero) is 1. The molecule has 0 aliphatic rings. The molecule has 0 aliphatic heterocycles. The Morgan fingerprint density at radius 2 is 1.61 bits per heavy atom. The number of anilines is 1. The van der Waals surface area contributed by atoms with E-state index < -0.39 is 0 Å². The van der Waals surface area contributed by atoms with Crippen LogP contribution in [0, 0.1) is 6.92 Å². The Balaban J connectivity index is 2.27. The van der Waals surface area contributed by atoms with Crippen LogP contribution >= 0.6 is 0 Å². The molecule has 0 fully saturated rings. The van der Waals surface area contributed by atoms with Crippen molar-refractivity contribution < 1.29 is 19.1 Å². The van der Waals surface area contributed by atoms with Gasteiger partial charge in [-0.05, 0) is 50.2 Å². The number of hydrogen-bond acceptors (Lipinski definition) is 4. The first-order chi connectivity index (χ1) is 11.0. The van der Waals surface area contributed by atoms with Crippen molar-refractivity contribution in [1.82, 2.24) is 0 Å². The van der Waals surface area contributed by atoms with Gasteiger partial charge in [0.15, 0.2) is 5.78 Å². The molecule has 2 rings (SSSR count). The largest absolute Gasteiger partial charge is 0.496 e. The van der Waals surface area contributed by atoms with Gasteiger partial charge in [-0.15, -0.1) is 0 Å². The molecule has 0 bridgehead atoms. The topological polar surface area (TPSA) is 64.6 Å². The van der Waals surface area contributed by atoms with E-state index in [0.29, 0.717) is 28.3 Å². The van der Waals surface area contributed by atoms with Gasteiger partial charge in [0.2, 0.25) is 0 Å². The van der Waals surface area contributed by atoms with Crippen LogP contribution in [0.4, 0.5) is 5.69 Å². The molecule has 1 amide bonds. The van der Waals surface area contributed by atoms with E-state index >= 15 is 0 Å². The quantitative estimate of drug-likeness (QED) is 0.859. The minimum absolute atomic E-state index is 0.0182. The van der Waals surface area contributed by atoms with Crippen molar-refractivity contribution >= 4 is 17.4 Å². The van der Waals surface area contributed by atoms with Crippen LogP contribution in [0.1, 0.15) is 33.2 Å². The fraction of sp³-hybridized carbons (Fsp3) is 0.222. The average molecular weight is 313 g/mol. The molecule has 2 aromatic rings. The number of ether oxygens (including phenoxy) is 2. The summed E-state index contributed by atoms with van der Waals surface area (Å²) < 4.78 is 10.6. The number of carbonyl (C=O) groups excluding carboxylic acids is 2. The summed E-state index contributed by atoms with van der Waals surface area (Å²) in [6.45, 7) is 3.33. The molecule has 0 radical (unpaired) electrons. The maximum absolute atomic E-state index is 12.5. The summed E-state index contributed by atoms with van der Waals surface area (Å²) in [4.78, 5) is 23.7. The Morgan fingerprint density at radius 3 is 2.13 bits per heavy atom. The predicted molar refractivity (Wildman–Crippen MR) is 88.7 cm³/mol. The summed E-state index contributed by atoms with van der Waals surface area (Å²) >= 11 is 0. The number of methoxy groups -OCH3 is 2. The third kappa shape index (κ3) is 3.51. The second kappa shape index (κ2) is 6.96. The lowest BCUT2D eigenvalue weighted by Gasteiger charge is -2.14. The van der Waals surface area contributed by atoms with Gasteiger partial charge in [-0.2, -0.15) is 0 Å². The monoisotopic (exact) mass is 313 g/mol. The van der Waals surface area contributed by atoms with Gasteiger partial charge in [0.1, 0.15) is 11.5 Å². The first kappa shape index (κ1) is 16.5. The summed E-state index contributed by atoms with van der Waals surface area (Å²) in [7, 11) is 3.08. The lowest BCUT2D eigenvalue weighted by molar-refractivity contribution is 0.101. The summed E-state index contributed by atoms with van der Waals surface area (Å²) in [6.07, 6.45) is 0. The maximum atomic E-state index is 12.5. The highest BCUT2D eigenvalue weighted by atomic mass is 16.5. The zero-order valence-corrected chi connectivity index (χ0v) is 13.6. The average Bonchev–Trinajstić information content (AvgIpc) is 2.54. The molecule has 0 aromatic heterocycles. The van der Waals surface area contributed by atoms with Gasteiger partial charge in [0.25, 0.3) is 5.91 Å². The number of rotatable bonds is 5. The summed E-state index contributed by atoms with van der Waals surface area (Å²) in [5.74, 6) is 0.824. The van der Waals surface area contributed by atoms with Crippen LogP contribution in [0.25, 0.3) is 0 Å². The third-order valence-corrected chi connectivity index (χ3v) is 3.57. The molecule has 0 unspecified atom stereocenters. The molecule has 23 heavy (non-hydrogen) atoms. The minimum Gasteiger partial charge on any atom is -0.496 e. The van der Waals surface area contributed by atoms with Crippen molar-refractivity contribution in [2.24, 2.45) is 0 Å². The molecule has 0 saturated heterocycles. The SMILES string of the molecule is COc1ccc(C(=O)Nc2ccc(C(C)=O)cc2)c(OC)c1C. The fourth-order valence-corrected chi connectivity index (χ4v) is 2.32. The minimum atomic E-state index is -0.289. The van der Waals surface area contributed by atoms with E-state index in [4.69, 9.17) is 9.47 Å². The standard InChI is InChI=1S/C18H19NO4/c1-11-16(22-3)10-9-15(17(11)23-4)18(21)19-14-7-5-13(6-8-14)12(2)20/h5-10H,1-4H3,(H,19,21). The maximum Gasteiger partial charge on any atom is 0.259 e. The molecular formula is C18H19NO4. The highest BCUT2D eigenvalue weighted by Crippen LogP contribution is 2.31. The van der Waals surface area contributed by atoms with Crippen LogP contribution in [0.3, 0.4) is 0 Å². The van der Waals surface area contributed by atoms with E-state index in [2.05, 4.69) is 5.32 Å². The molecule has 0 saturated carbocycles. The number of hydrogen-bond donors (Lipinski definition) is 1. The van der Waals surface area contributed by atoms with Crippen molar-refractivity contribution in [2.75, 3.05) is 19.5 Å². The van der Waals surface area contributed by atoms with Gasteiger partial charge in [-0.3, -0.25) is 9.59 Å². The van der Waals surface area contributed by atoms with Crippen molar-refractivity contribution in [2.45, 2.75) is 13.8 Å². The van der Waals surface area contributed by atoms with Crippen LogP contribution < -0.4 is 14.8 Å². The Kier molecular flexibility index (Phi) is 5.01. The second-order valence-electron chi connectivity index (χ2n) is 5.06. The van der Waals surface area contributed by atoms with Crippen molar-refractivity contribution in [1.29, 1.82) is 0 Å². The molecule has 0 heterocycles. The number of carbonyl (C=O) groups is 2. The zero-order valence-electron chi connectivity index (χ0n) is 13.6. The molecule has 2 aromatic carbocycles. The van der Waals surface area contributed by atoms with Gasteiger partial charge >= 0.3 is 0 Å². The number of ketones is 1. The van der Waals surface area contributed by atoms with E-state index in [0.717, 1.165) is 5.56 Å². The van der Waals surface area contributed by atoms with E-state index in [1.807, 2.05) is 6.92 Å². The molecular weight excluding hydrogens is 294 g/mol. The van der Waals surface area contributed by atoms with Crippen molar-refractivity contribution in [3.63, 3.8) is 0 Å². The van der Waals surface area contributed by atoms with E-state index in [1.165, 1.54) is 14.0 Å². The summed E-state index contributed by atoms with van der Waals surface area (Å²) in [5, 5.41) is 2.79. The molecule has 5 nitrogen and oxygen atoms in total. The summed E-state index contributed by atoms with van der Waals surface area (Å²) in [5.41, 5.74) is 2.38. The number of benzene rings is 2. The van der Waals surface area contributed by atoms with Crippen LogP contribution in [0.5, 0.6) is 11.5 Å². The molecule has 120 valence electrons. The van der Waals surface area contributed by atoms with Gasteiger partial charge in [0.05, 0.1) is 19.8 Å². The van der Waals surface area contributed by atoms with E-state index in [-0.39, 0.29) is 11.7 Å². The van der Waals surface area contributed by atoms with Gasteiger partial charge < -0.3 is 14.8 Å². The highest BCUT2D eigenvalue weighted by molar-refractivity contribution is 6.07. The molecule has 0 spiro atoms. The van der Waals surface area contributed by atoms with Gasteiger partial charge in [-0.1, -0.05) is 0 Å². The first-order valence-electron chi connectivity index (χ1n) is 7.12. The summed E-state index contributed by atoms with van der Waals surface area (Å²) in [6, 6.07) is 10.1. The number of nitrogens with one attached hydrogen (secondary N) is 1.